The number of nitrogens with one attached hydrogen (secondary N) is 1. The molecule has 0 saturated heterocycles. The average Bonchev–Trinajstić information content (AvgIpc) is 3.02. The van der Waals surface area contributed by atoms with E-state index in [1.54, 1.807) is 6.26 Å². The van der Waals surface area contributed by atoms with Crippen molar-refractivity contribution >= 4 is 5.82 Å². The lowest BCUT2D eigenvalue weighted by Gasteiger charge is -2.18. The molecule has 21 heavy (non-hydrogen) atoms. The van der Waals surface area contributed by atoms with Gasteiger partial charge in [0.2, 0.25) is 0 Å². The molecule has 5 heteroatoms. The largest absolute Gasteiger partial charge is 0.468 e. The van der Waals surface area contributed by atoms with Gasteiger partial charge in [-0.25, -0.2) is 0 Å². The minimum Gasteiger partial charge on any atom is -0.468 e. The van der Waals surface area contributed by atoms with Crippen molar-refractivity contribution in [3.63, 3.8) is 0 Å². The third-order valence-electron chi connectivity index (χ3n) is 3.67. The zero-order valence-electron chi connectivity index (χ0n) is 13.8. The van der Waals surface area contributed by atoms with Crippen molar-refractivity contribution in [2.24, 2.45) is 7.05 Å². The van der Waals surface area contributed by atoms with Crippen LogP contribution in [-0.2, 0) is 13.6 Å². The number of rotatable bonds is 6. The Morgan fingerprint density at radius 2 is 2.05 bits per heavy atom. The van der Waals surface area contributed by atoms with Crippen LogP contribution in [0, 0.1) is 0 Å². The van der Waals surface area contributed by atoms with Gasteiger partial charge in [0.05, 0.1) is 18.0 Å². The molecule has 0 aliphatic heterocycles. The minimum absolute atomic E-state index is 0.176. The van der Waals surface area contributed by atoms with Crippen molar-refractivity contribution in [3.8, 4) is 0 Å². The summed E-state index contributed by atoms with van der Waals surface area (Å²) >= 11 is 0. The van der Waals surface area contributed by atoms with Gasteiger partial charge in [0.25, 0.3) is 0 Å². The number of hydrogen-bond donors (Lipinski definition) is 1. The SMILES string of the molecule is CC(C)c1nn(C)c(N(C)C)c1CN[C@H](C)c1ccco1. The van der Waals surface area contributed by atoms with Crippen molar-refractivity contribution in [1.29, 1.82) is 0 Å². The fourth-order valence-corrected chi connectivity index (χ4v) is 2.67. The van der Waals surface area contributed by atoms with Crippen LogP contribution in [0.4, 0.5) is 5.82 Å². The highest BCUT2D eigenvalue weighted by molar-refractivity contribution is 5.50. The van der Waals surface area contributed by atoms with E-state index in [0.717, 1.165) is 23.8 Å². The molecule has 2 aromatic rings. The monoisotopic (exact) mass is 290 g/mol. The molecule has 0 fully saturated rings. The van der Waals surface area contributed by atoms with E-state index in [4.69, 9.17) is 4.42 Å². The molecule has 0 radical (unpaired) electrons. The molecular weight excluding hydrogens is 264 g/mol. The van der Waals surface area contributed by atoms with Gasteiger partial charge in [0.15, 0.2) is 0 Å². The summed E-state index contributed by atoms with van der Waals surface area (Å²) in [5, 5.41) is 8.22. The quantitative estimate of drug-likeness (QED) is 0.888. The zero-order chi connectivity index (χ0) is 15.6. The predicted molar refractivity (Wildman–Crippen MR) is 85.6 cm³/mol. The summed E-state index contributed by atoms with van der Waals surface area (Å²) in [6.07, 6.45) is 1.71. The highest BCUT2D eigenvalue weighted by Crippen LogP contribution is 2.27. The summed E-state index contributed by atoms with van der Waals surface area (Å²) in [5.74, 6) is 2.51. The number of furan rings is 1. The highest BCUT2D eigenvalue weighted by Gasteiger charge is 2.20. The molecule has 0 unspecified atom stereocenters. The van der Waals surface area contributed by atoms with Crippen LogP contribution in [-0.4, -0.2) is 23.9 Å². The molecule has 2 aromatic heterocycles. The maximum absolute atomic E-state index is 5.45. The smallest absolute Gasteiger partial charge is 0.130 e. The zero-order valence-corrected chi connectivity index (χ0v) is 13.8. The van der Waals surface area contributed by atoms with E-state index < -0.39 is 0 Å². The molecule has 2 rings (SSSR count). The van der Waals surface area contributed by atoms with Crippen molar-refractivity contribution in [1.82, 2.24) is 15.1 Å². The summed E-state index contributed by atoms with van der Waals surface area (Å²) in [6.45, 7) is 7.25. The third kappa shape index (κ3) is 3.29. The molecule has 0 aliphatic carbocycles. The van der Waals surface area contributed by atoms with E-state index in [-0.39, 0.29) is 6.04 Å². The molecule has 0 amide bonds. The van der Waals surface area contributed by atoms with Crippen LogP contribution < -0.4 is 10.2 Å². The first-order valence-corrected chi connectivity index (χ1v) is 7.41. The van der Waals surface area contributed by atoms with E-state index in [1.807, 2.05) is 23.9 Å². The first-order valence-electron chi connectivity index (χ1n) is 7.41. The lowest BCUT2D eigenvalue weighted by Crippen LogP contribution is -2.21. The van der Waals surface area contributed by atoms with Crippen LogP contribution in [0.25, 0.3) is 0 Å². The second-order valence-electron chi connectivity index (χ2n) is 5.98. The third-order valence-corrected chi connectivity index (χ3v) is 3.67. The van der Waals surface area contributed by atoms with E-state index in [9.17, 15) is 0 Å². The topological polar surface area (TPSA) is 46.2 Å². The summed E-state index contributed by atoms with van der Waals surface area (Å²) in [4.78, 5) is 2.12. The molecule has 2 heterocycles. The first kappa shape index (κ1) is 15.6. The Bertz CT molecular complexity index is 569. The number of nitrogens with zero attached hydrogens (tertiary/aromatic N) is 3. The normalized spacial score (nSPS) is 12.9. The summed E-state index contributed by atoms with van der Waals surface area (Å²) in [5.41, 5.74) is 2.41. The van der Waals surface area contributed by atoms with Crippen LogP contribution in [0.15, 0.2) is 22.8 Å². The van der Waals surface area contributed by atoms with Crippen LogP contribution in [0.3, 0.4) is 0 Å². The van der Waals surface area contributed by atoms with Gasteiger partial charge in [0.1, 0.15) is 11.6 Å². The van der Waals surface area contributed by atoms with Crippen LogP contribution in [0.1, 0.15) is 49.7 Å². The van der Waals surface area contributed by atoms with Gasteiger partial charge in [-0.1, -0.05) is 13.8 Å². The molecule has 0 spiro atoms. The van der Waals surface area contributed by atoms with Gasteiger partial charge in [-0.2, -0.15) is 5.10 Å². The highest BCUT2D eigenvalue weighted by atomic mass is 16.3. The summed E-state index contributed by atoms with van der Waals surface area (Å²) in [7, 11) is 6.11. The Hall–Kier alpha value is -1.75. The number of aromatic nitrogens is 2. The van der Waals surface area contributed by atoms with Gasteiger partial charge >= 0.3 is 0 Å². The standard InChI is InChI=1S/C16H26N4O/c1-11(2)15-13(16(19(4)5)20(6)18-15)10-17-12(3)14-8-7-9-21-14/h7-9,11-12,17H,10H2,1-6H3/t12-/m1/s1. The molecule has 1 N–H and O–H groups in total. The molecule has 0 bridgehead atoms. The fourth-order valence-electron chi connectivity index (χ4n) is 2.67. The van der Waals surface area contributed by atoms with Crippen molar-refractivity contribution in [2.75, 3.05) is 19.0 Å². The van der Waals surface area contributed by atoms with Gasteiger partial charge in [-0.3, -0.25) is 4.68 Å². The molecule has 0 aromatic carbocycles. The minimum atomic E-state index is 0.176. The van der Waals surface area contributed by atoms with Crippen LogP contribution in [0.5, 0.6) is 0 Å². The molecule has 1 atom stereocenters. The number of anilines is 1. The molecule has 0 saturated carbocycles. The van der Waals surface area contributed by atoms with Crippen LogP contribution in [0.2, 0.25) is 0 Å². The van der Waals surface area contributed by atoms with Crippen molar-refractivity contribution < 1.29 is 4.42 Å². The molecule has 0 aliphatic rings. The lowest BCUT2D eigenvalue weighted by atomic mass is 10.0. The average molecular weight is 290 g/mol. The Morgan fingerprint density at radius 3 is 2.57 bits per heavy atom. The second-order valence-corrected chi connectivity index (χ2v) is 5.98. The van der Waals surface area contributed by atoms with E-state index in [0.29, 0.717) is 5.92 Å². The van der Waals surface area contributed by atoms with E-state index in [2.05, 4.69) is 50.2 Å². The lowest BCUT2D eigenvalue weighted by molar-refractivity contribution is 0.429. The fraction of sp³-hybridized carbons (Fsp3) is 0.562. The molecule has 5 nitrogen and oxygen atoms in total. The maximum atomic E-state index is 5.45. The number of aryl methyl sites for hydroxylation is 1. The summed E-state index contributed by atoms with van der Waals surface area (Å²) < 4.78 is 7.41. The van der Waals surface area contributed by atoms with Crippen molar-refractivity contribution in [2.45, 2.75) is 39.3 Å². The van der Waals surface area contributed by atoms with Crippen LogP contribution >= 0.6 is 0 Å². The molecular formula is C16H26N4O. The Labute approximate surface area is 126 Å². The van der Waals surface area contributed by atoms with Gasteiger partial charge in [-0.15, -0.1) is 0 Å². The molecule has 116 valence electrons. The Morgan fingerprint density at radius 1 is 1.33 bits per heavy atom. The summed E-state index contributed by atoms with van der Waals surface area (Å²) in [6, 6.07) is 4.09. The van der Waals surface area contributed by atoms with Gasteiger partial charge < -0.3 is 14.6 Å². The van der Waals surface area contributed by atoms with Gasteiger partial charge in [-0.05, 0) is 25.0 Å². The second kappa shape index (κ2) is 6.35. The Kier molecular flexibility index (Phi) is 4.73. The predicted octanol–water partition coefficient (Wildman–Crippen LogP) is 3.05. The maximum Gasteiger partial charge on any atom is 0.130 e. The first-order chi connectivity index (χ1) is 9.91. The van der Waals surface area contributed by atoms with Gasteiger partial charge in [0, 0.05) is 33.3 Å². The van der Waals surface area contributed by atoms with E-state index >= 15 is 0 Å². The Balaban J connectivity index is 2.21. The van der Waals surface area contributed by atoms with Crippen molar-refractivity contribution in [3.05, 3.63) is 35.4 Å². The van der Waals surface area contributed by atoms with E-state index in [1.165, 1.54) is 5.56 Å². The number of hydrogen-bond acceptors (Lipinski definition) is 4.